The maximum atomic E-state index is 11.6. The Hall–Kier alpha value is -1.35. The number of epoxide rings is 1. The summed E-state index contributed by atoms with van der Waals surface area (Å²) in [5.74, 6) is -0.0117. The molecule has 3 heteroatoms. The summed E-state index contributed by atoms with van der Waals surface area (Å²) in [6.07, 6.45) is 2.34. The van der Waals surface area contributed by atoms with Crippen LogP contribution in [0, 0.1) is 0 Å². The Morgan fingerprint density at radius 3 is 2.93 bits per heavy atom. The molecular formula is C12H15NO2. The van der Waals surface area contributed by atoms with E-state index in [1.165, 1.54) is 0 Å². The first-order chi connectivity index (χ1) is 7.31. The predicted octanol–water partition coefficient (Wildman–Crippen LogP) is 1.38. The van der Waals surface area contributed by atoms with Gasteiger partial charge in [-0.15, -0.1) is 0 Å². The summed E-state index contributed by atoms with van der Waals surface area (Å²) < 4.78 is 5.16. The van der Waals surface area contributed by atoms with E-state index in [1.807, 2.05) is 24.3 Å². The van der Waals surface area contributed by atoms with Crippen LogP contribution in [0.2, 0.25) is 0 Å². The molecule has 80 valence electrons. The van der Waals surface area contributed by atoms with Crippen molar-refractivity contribution in [2.75, 3.05) is 13.7 Å². The van der Waals surface area contributed by atoms with Crippen molar-refractivity contribution >= 4 is 5.91 Å². The summed E-state index contributed by atoms with van der Waals surface area (Å²) in [4.78, 5) is 11.6. The minimum Gasteiger partial charge on any atom is -0.373 e. The van der Waals surface area contributed by atoms with E-state index in [-0.39, 0.29) is 5.91 Å². The first kappa shape index (κ1) is 10.2. The average molecular weight is 205 g/mol. The highest BCUT2D eigenvalue weighted by Crippen LogP contribution is 2.18. The van der Waals surface area contributed by atoms with Crippen LogP contribution < -0.4 is 5.32 Å². The first-order valence-electron chi connectivity index (χ1n) is 5.23. The molecule has 0 spiro atoms. The van der Waals surface area contributed by atoms with Gasteiger partial charge in [-0.05, 0) is 24.5 Å². The van der Waals surface area contributed by atoms with Gasteiger partial charge in [-0.25, -0.2) is 0 Å². The zero-order valence-electron chi connectivity index (χ0n) is 8.82. The monoisotopic (exact) mass is 205 g/mol. The smallest absolute Gasteiger partial charge is 0.251 e. The van der Waals surface area contributed by atoms with Crippen LogP contribution in [0.3, 0.4) is 0 Å². The van der Waals surface area contributed by atoms with Crippen molar-refractivity contribution in [1.82, 2.24) is 5.32 Å². The van der Waals surface area contributed by atoms with Gasteiger partial charge >= 0.3 is 0 Å². The summed E-state index contributed by atoms with van der Waals surface area (Å²) in [7, 11) is 1.66. The second kappa shape index (κ2) is 4.45. The number of rotatable bonds is 4. The summed E-state index contributed by atoms with van der Waals surface area (Å²) in [5.41, 5.74) is 1.88. The molecule has 1 aromatic rings. The molecule has 1 atom stereocenters. The maximum absolute atomic E-state index is 11.6. The molecule has 1 aliphatic rings. The SMILES string of the molecule is CNC(=O)c1ccccc1CCC1CO1. The summed E-state index contributed by atoms with van der Waals surface area (Å²) in [6, 6.07) is 7.73. The van der Waals surface area contributed by atoms with E-state index in [0.29, 0.717) is 6.10 Å². The van der Waals surface area contributed by atoms with Gasteiger partial charge in [0.2, 0.25) is 0 Å². The van der Waals surface area contributed by atoms with Crippen molar-refractivity contribution in [2.45, 2.75) is 18.9 Å². The molecule has 0 radical (unpaired) electrons. The Bertz CT molecular complexity index is 358. The molecule has 1 heterocycles. The van der Waals surface area contributed by atoms with E-state index >= 15 is 0 Å². The van der Waals surface area contributed by atoms with E-state index in [1.54, 1.807) is 7.05 Å². The molecule has 2 rings (SSSR count). The van der Waals surface area contributed by atoms with Crippen LogP contribution in [0.1, 0.15) is 22.3 Å². The van der Waals surface area contributed by atoms with E-state index < -0.39 is 0 Å². The lowest BCUT2D eigenvalue weighted by atomic mass is 10.0. The number of amides is 1. The number of hydrogen-bond acceptors (Lipinski definition) is 2. The fraction of sp³-hybridized carbons (Fsp3) is 0.417. The lowest BCUT2D eigenvalue weighted by Crippen LogP contribution is -2.19. The van der Waals surface area contributed by atoms with Crippen LogP contribution in [0.15, 0.2) is 24.3 Å². The molecule has 0 aliphatic carbocycles. The Balaban J connectivity index is 2.09. The van der Waals surface area contributed by atoms with E-state index in [9.17, 15) is 4.79 Å². The number of benzene rings is 1. The van der Waals surface area contributed by atoms with Gasteiger partial charge in [-0.2, -0.15) is 0 Å². The molecule has 0 aromatic heterocycles. The molecule has 0 saturated carbocycles. The highest BCUT2D eigenvalue weighted by atomic mass is 16.6. The van der Waals surface area contributed by atoms with Crippen molar-refractivity contribution in [2.24, 2.45) is 0 Å². The minimum atomic E-state index is -0.0117. The highest BCUT2D eigenvalue weighted by molar-refractivity contribution is 5.95. The van der Waals surface area contributed by atoms with Gasteiger partial charge in [0.25, 0.3) is 5.91 Å². The summed E-state index contributed by atoms with van der Waals surface area (Å²) in [5, 5.41) is 2.65. The molecule has 1 unspecified atom stereocenters. The van der Waals surface area contributed by atoms with E-state index in [2.05, 4.69) is 5.32 Å². The molecular weight excluding hydrogens is 190 g/mol. The minimum absolute atomic E-state index is 0.0117. The Morgan fingerprint density at radius 1 is 1.53 bits per heavy atom. The molecule has 15 heavy (non-hydrogen) atoms. The second-order valence-electron chi connectivity index (χ2n) is 3.73. The fourth-order valence-corrected chi connectivity index (χ4v) is 1.65. The molecule has 1 saturated heterocycles. The lowest BCUT2D eigenvalue weighted by molar-refractivity contribution is 0.0962. The van der Waals surface area contributed by atoms with Crippen LogP contribution in [-0.2, 0) is 11.2 Å². The fourth-order valence-electron chi connectivity index (χ4n) is 1.65. The van der Waals surface area contributed by atoms with Crippen LogP contribution in [0.5, 0.6) is 0 Å². The van der Waals surface area contributed by atoms with Crippen LogP contribution in [-0.4, -0.2) is 25.7 Å². The number of carbonyl (C=O) groups excluding carboxylic acids is 1. The van der Waals surface area contributed by atoms with Gasteiger partial charge in [-0.3, -0.25) is 4.79 Å². The van der Waals surface area contributed by atoms with Crippen molar-refractivity contribution in [3.05, 3.63) is 35.4 Å². The predicted molar refractivity (Wildman–Crippen MR) is 57.9 cm³/mol. The van der Waals surface area contributed by atoms with Crippen molar-refractivity contribution < 1.29 is 9.53 Å². The number of nitrogens with one attached hydrogen (secondary N) is 1. The zero-order valence-corrected chi connectivity index (χ0v) is 8.82. The van der Waals surface area contributed by atoms with E-state index in [0.717, 1.165) is 30.6 Å². The molecule has 1 fully saturated rings. The average Bonchev–Trinajstić information content (AvgIpc) is 3.09. The number of hydrogen-bond donors (Lipinski definition) is 1. The van der Waals surface area contributed by atoms with Gasteiger partial charge < -0.3 is 10.1 Å². The topological polar surface area (TPSA) is 41.6 Å². The third-order valence-electron chi connectivity index (χ3n) is 2.63. The molecule has 1 N–H and O–H groups in total. The standard InChI is InChI=1S/C12H15NO2/c1-13-12(14)11-5-3-2-4-9(11)6-7-10-8-15-10/h2-5,10H,6-8H2,1H3,(H,13,14). The van der Waals surface area contributed by atoms with Crippen molar-refractivity contribution in [1.29, 1.82) is 0 Å². The molecule has 0 bridgehead atoms. The van der Waals surface area contributed by atoms with Crippen molar-refractivity contribution in [3.63, 3.8) is 0 Å². The van der Waals surface area contributed by atoms with E-state index in [4.69, 9.17) is 4.74 Å². The Labute approximate surface area is 89.4 Å². The zero-order chi connectivity index (χ0) is 10.7. The maximum Gasteiger partial charge on any atom is 0.251 e. The third kappa shape index (κ3) is 2.57. The quantitative estimate of drug-likeness (QED) is 0.754. The number of aryl methyl sites for hydroxylation is 1. The van der Waals surface area contributed by atoms with Crippen LogP contribution in [0.4, 0.5) is 0 Å². The number of carbonyl (C=O) groups is 1. The van der Waals surface area contributed by atoms with Crippen LogP contribution in [0.25, 0.3) is 0 Å². The molecule has 1 aromatic carbocycles. The molecule has 1 aliphatic heterocycles. The highest BCUT2D eigenvalue weighted by Gasteiger charge is 2.22. The van der Waals surface area contributed by atoms with Gasteiger partial charge in [0.15, 0.2) is 0 Å². The second-order valence-corrected chi connectivity index (χ2v) is 3.73. The third-order valence-corrected chi connectivity index (χ3v) is 2.63. The lowest BCUT2D eigenvalue weighted by Gasteiger charge is -2.06. The summed E-state index contributed by atoms with van der Waals surface area (Å²) in [6.45, 7) is 0.877. The Kier molecular flexibility index (Phi) is 3.02. The van der Waals surface area contributed by atoms with Gasteiger partial charge in [0.1, 0.15) is 0 Å². The van der Waals surface area contributed by atoms with Gasteiger partial charge in [0.05, 0.1) is 12.7 Å². The van der Waals surface area contributed by atoms with Gasteiger partial charge in [0, 0.05) is 12.6 Å². The molecule has 3 nitrogen and oxygen atoms in total. The number of ether oxygens (including phenoxy) is 1. The normalized spacial score (nSPS) is 18.6. The summed E-state index contributed by atoms with van der Waals surface area (Å²) >= 11 is 0. The first-order valence-corrected chi connectivity index (χ1v) is 5.23. The Morgan fingerprint density at radius 2 is 2.27 bits per heavy atom. The van der Waals surface area contributed by atoms with Crippen molar-refractivity contribution in [3.8, 4) is 0 Å². The van der Waals surface area contributed by atoms with Gasteiger partial charge in [-0.1, -0.05) is 18.2 Å². The largest absolute Gasteiger partial charge is 0.373 e. The molecule has 1 amide bonds. The van der Waals surface area contributed by atoms with Crippen LogP contribution >= 0.6 is 0 Å².